The van der Waals surface area contributed by atoms with Gasteiger partial charge in [-0.2, -0.15) is 13.2 Å². The Morgan fingerprint density at radius 1 is 1.24 bits per heavy atom. The number of nitrogens with zero attached hydrogens (tertiary/aromatic N) is 5. The SMILES string of the molecule is CS(=O)N1CCC(Nc2ncc(C(F)(F)F)c(-c3cn(-c4ccc(N)cc4Br)cn3)n2)CC1. The van der Waals surface area contributed by atoms with Gasteiger partial charge in [0, 0.05) is 47.9 Å². The van der Waals surface area contributed by atoms with Crippen LogP contribution < -0.4 is 11.1 Å². The third-order valence-corrected chi connectivity index (χ3v) is 7.05. The highest BCUT2D eigenvalue weighted by molar-refractivity contribution is 9.10. The average Bonchev–Trinajstić information content (AvgIpc) is 3.23. The van der Waals surface area contributed by atoms with E-state index in [4.69, 9.17) is 5.73 Å². The number of hydrogen-bond acceptors (Lipinski definition) is 6. The summed E-state index contributed by atoms with van der Waals surface area (Å²) >= 11 is 3.41. The first-order chi connectivity index (χ1) is 15.6. The molecule has 1 atom stereocenters. The Morgan fingerprint density at radius 2 is 1.97 bits per heavy atom. The zero-order valence-corrected chi connectivity index (χ0v) is 19.9. The fourth-order valence-electron chi connectivity index (χ4n) is 3.60. The van der Waals surface area contributed by atoms with Gasteiger partial charge in [0.25, 0.3) is 0 Å². The number of piperidine rings is 1. The second kappa shape index (κ2) is 9.39. The van der Waals surface area contributed by atoms with Gasteiger partial charge in [0.05, 0.1) is 16.7 Å². The number of aromatic nitrogens is 4. The van der Waals surface area contributed by atoms with Crippen molar-refractivity contribution < 1.29 is 17.4 Å². The van der Waals surface area contributed by atoms with Gasteiger partial charge in [0.2, 0.25) is 5.95 Å². The Bertz CT molecular complexity index is 1180. The van der Waals surface area contributed by atoms with Gasteiger partial charge in [-0.15, -0.1) is 0 Å². The minimum atomic E-state index is -4.64. The molecule has 1 aliphatic rings. The number of rotatable bonds is 5. The highest BCUT2D eigenvalue weighted by Crippen LogP contribution is 2.36. The number of halogens is 4. The molecule has 1 unspecified atom stereocenters. The van der Waals surface area contributed by atoms with Gasteiger partial charge in [0.15, 0.2) is 0 Å². The number of alkyl halides is 3. The van der Waals surface area contributed by atoms with E-state index in [-0.39, 0.29) is 23.4 Å². The van der Waals surface area contributed by atoms with Crippen LogP contribution in [0.1, 0.15) is 18.4 Å². The molecule has 3 aromatic rings. The van der Waals surface area contributed by atoms with Crippen molar-refractivity contribution in [1.29, 1.82) is 0 Å². The smallest absolute Gasteiger partial charge is 0.399 e. The van der Waals surface area contributed by atoms with Crippen LogP contribution in [0, 0.1) is 0 Å². The fourth-order valence-corrected chi connectivity index (χ4v) is 4.93. The summed E-state index contributed by atoms with van der Waals surface area (Å²) in [7, 11) is -1.04. The van der Waals surface area contributed by atoms with Crippen molar-refractivity contribution in [2.24, 2.45) is 0 Å². The number of nitrogens with two attached hydrogens (primary N) is 1. The van der Waals surface area contributed by atoms with Crippen LogP contribution in [0.15, 0.2) is 41.4 Å². The summed E-state index contributed by atoms with van der Waals surface area (Å²) in [4.78, 5) is 12.2. The van der Waals surface area contributed by atoms with Crippen LogP contribution >= 0.6 is 15.9 Å². The molecule has 0 aliphatic carbocycles. The van der Waals surface area contributed by atoms with Crippen molar-refractivity contribution in [1.82, 2.24) is 23.8 Å². The number of anilines is 2. The Morgan fingerprint density at radius 3 is 2.61 bits per heavy atom. The second-order valence-corrected chi connectivity index (χ2v) is 9.82. The minimum absolute atomic E-state index is 0.0299. The molecule has 4 rings (SSSR count). The molecule has 3 heterocycles. The van der Waals surface area contributed by atoms with E-state index in [0.29, 0.717) is 41.8 Å². The normalized spacial score (nSPS) is 16.6. The summed E-state index contributed by atoms with van der Waals surface area (Å²) in [6.07, 6.45) is 2.02. The summed E-state index contributed by atoms with van der Waals surface area (Å²) in [5.41, 5.74) is 5.77. The molecule has 3 N–H and O–H groups in total. The quantitative estimate of drug-likeness (QED) is 0.474. The van der Waals surface area contributed by atoms with E-state index in [2.05, 4.69) is 36.2 Å². The molecular weight excluding hydrogens is 523 g/mol. The van der Waals surface area contributed by atoms with E-state index < -0.39 is 22.7 Å². The number of nitrogens with one attached hydrogen (secondary N) is 1. The maximum Gasteiger partial charge on any atom is 0.420 e. The highest BCUT2D eigenvalue weighted by atomic mass is 79.9. The molecule has 0 amide bonds. The summed E-state index contributed by atoms with van der Waals surface area (Å²) in [6, 6.07) is 5.09. The van der Waals surface area contributed by atoms with Crippen molar-refractivity contribution >= 4 is 38.6 Å². The second-order valence-electron chi connectivity index (χ2n) is 7.60. The fraction of sp³-hybridized carbons (Fsp3) is 0.350. The molecule has 8 nitrogen and oxygen atoms in total. The third kappa shape index (κ3) is 5.36. The predicted octanol–water partition coefficient (Wildman–Crippen LogP) is 3.86. The Balaban J connectivity index is 1.63. The van der Waals surface area contributed by atoms with Gasteiger partial charge in [-0.25, -0.2) is 23.5 Å². The predicted molar refractivity (Wildman–Crippen MR) is 124 cm³/mol. The molecule has 2 aromatic heterocycles. The van der Waals surface area contributed by atoms with Gasteiger partial charge in [-0.1, -0.05) is 0 Å². The molecular formula is C20H21BrF3N7OS. The molecule has 176 valence electrons. The summed E-state index contributed by atoms with van der Waals surface area (Å²) in [5.74, 6) is 0.0947. The van der Waals surface area contributed by atoms with Crippen LogP contribution in [-0.2, 0) is 17.2 Å². The van der Waals surface area contributed by atoms with Gasteiger partial charge in [-0.3, -0.25) is 0 Å². The van der Waals surface area contributed by atoms with Gasteiger partial charge >= 0.3 is 6.18 Å². The maximum atomic E-state index is 13.7. The van der Waals surface area contributed by atoms with E-state index in [1.165, 1.54) is 12.5 Å². The van der Waals surface area contributed by atoms with Crippen LogP contribution in [0.3, 0.4) is 0 Å². The van der Waals surface area contributed by atoms with Crippen molar-refractivity contribution in [3.63, 3.8) is 0 Å². The molecule has 13 heteroatoms. The maximum absolute atomic E-state index is 13.7. The molecule has 0 saturated carbocycles. The van der Waals surface area contributed by atoms with Crippen LogP contribution in [0.4, 0.5) is 24.8 Å². The lowest BCUT2D eigenvalue weighted by atomic mass is 10.1. The van der Waals surface area contributed by atoms with Gasteiger partial charge in [-0.05, 0) is 47.0 Å². The number of hydrogen-bond donors (Lipinski definition) is 2. The van der Waals surface area contributed by atoms with Crippen LogP contribution in [-0.4, -0.2) is 53.4 Å². The largest absolute Gasteiger partial charge is 0.420 e. The number of nitrogen functional groups attached to an aromatic ring is 1. The zero-order chi connectivity index (χ0) is 23.8. The first kappa shape index (κ1) is 23.6. The summed E-state index contributed by atoms with van der Waals surface area (Å²) in [5, 5.41) is 3.11. The number of imidazole rings is 1. The minimum Gasteiger partial charge on any atom is -0.399 e. The van der Waals surface area contributed by atoms with E-state index in [9.17, 15) is 17.4 Å². The van der Waals surface area contributed by atoms with Crippen molar-refractivity contribution in [3.05, 3.63) is 47.0 Å². The molecule has 1 aliphatic heterocycles. The molecule has 1 saturated heterocycles. The van der Waals surface area contributed by atoms with Crippen LogP contribution in [0.5, 0.6) is 0 Å². The Hall–Kier alpha value is -2.51. The lowest BCUT2D eigenvalue weighted by Gasteiger charge is -2.30. The number of benzene rings is 1. The lowest BCUT2D eigenvalue weighted by molar-refractivity contribution is -0.137. The van der Waals surface area contributed by atoms with E-state index >= 15 is 0 Å². The van der Waals surface area contributed by atoms with Crippen LogP contribution in [0.2, 0.25) is 0 Å². The zero-order valence-electron chi connectivity index (χ0n) is 17.5. The highest BCUT2D eigenvalue weighted by Gasteiger charge is 2.36. The summed E-state index contributed by atoms with van der Waals surface area (Å²) < 4.78 is 56.8. The van der Waals surface area contributed by atoms with E-state index in [1.54, 1.807) is 29.0 Å². The molecule has 0 spiro atoms. The Kier molecular flexibility index (Phi) is 6.73. The van der Waals surface area contributed by atoms with Crippen LogP contribution in [0.25, 0.3) is 17.1 Å². The van der Waals surface area contributed by atoms with Gasteiger partial charge in [0.1, 0.15) is 23.3 Å². The monoisotopic (exact) mass is 543 g/mol. The summed E-state index contributed by atoms with van der Waals surface area (Å²) in [6.45, 7) is 1.24. The third-order valence-electron chi connectivity index (χ3n) is 5.32. The van der Waals surface area contributed by atoms with Crippen molar-refractivity contribution in [3.8, 4) is 17.1 Å². The van der Waals surface area contributed by atoms with E-state index in [0.717, 1.165) is 6.20 Å². The van der Waals surface area contributed by atoms with E-state index in [1.807, 2.05) is 4.31 Å². The molecule has 1 fully saturated rings. The van der Waals surface area contributed by atoms with Gasteiger partial charge < -0.3 is 15.6 Å². The Labute approximate surface area is 199 Å². The van der Waals surface area contributed by atoms with Crippen molar-refractivity contribution in [2.75, 3.05) is 30.4 Å². The van der Waals surface area contributed by atoms with Crippen molar-refractivity contribution in [2.45, 2.75) is 25.1 Å². The first-order valence-electron chi connectivity index (χ1n) is 10.0. The molecule has 0 radical (unpaired) electrons. The molecule has 33 heavy (non-hydrogen) atoms. The topological polar surface area (TPSA) is 102 Å². The average molecular weight is 544 g/mol. The molecule has 0 bridgehead atoms. The standard InChI is InChI=1S/C20H21BrF3N7OS/c1-33(32)31-6-4-13(5-7-31)28-19-26-9-14(20(22,23)24)18(29-19)16-10-30(11-27-16)17-3-2-12(25)8-15(17)21/h2-3,8-11,13H,4-7,25H2,1H3,(H,26,28,29). The molecule has 1 aromatic carbocycles. The first-order valence-corrected chi connectivity index (χ1v) is 12.3. The lowest BCUT2D eigenvalue weighted by Crippen LogP contribution is -2.39.